The SMILES string of the molecule is COC(=O)c1ccc(CS(=O)(=O)NCCCCO)cc1. The zero-order valence-electron chi connectivity index (χ0n) is 11.3. The minimum absolute atomic E-state index is 0.0523. The molecule has 0 aliphatic rings. The first-order valence-corrected chi connectivity index (χ1v) is 7.89. The molecule has 6 nitrogen and oxygen atoms in total. The van der Waals surface area contributed by atoms with Gasteiger partial charge in [0.05, 0.1) is 18.4 Å². The summed E-state index contributed by atoms with van der Waals surface area (Å²) in [5, 5.41) is 8.61. The highest BCUT2D eigenvalue weighted by Crippen LogP contribution is 2.08. The number of carbonyl (C=O) groups is 1. The van der Waals surface area contributed by atoms with Gasteiger partial charge in [-0.1, -0.05) is 12.1 Å². The van der Waals surface area contributed by atoms with Crippen LogP contribution in [-0.4, -0.2) is 39.8 Å². The molecule has 0 spiro atoms. The molecule has 0 heterocycles. The number of aliphatic hydroxyl groups is 1. The quantitative estimate of drug-likeness (QED) is 0.544. The van der Waals surface area contributed by atoms with Gasteiger partial charge in [0, 0.05) is 13.2 Å². The summed E-state index contributed by atoms with van der Waals surface area (Å²) in [6.07, 6.45) is 1.16. The highest BCUT2D eigenvalue weighted by Gasteiger charge is 2.11. The third-order valence-corrected chi connectivity index (χ3v) is 4.00. The molecule has 0 saturated heterocycles. The molecule has 0 amide bonds. The van der Waals surface area contributed by atoms with E-state index in [0.29, 0.717) is 30.5 Å². The van der Waals surface area contributed by atoms with Crippen molar-refractivity contribution in [3.63, 3.8) is 0 Å². The van der Waals surface area contributed by atoms with Gasteiger partial charge in [0.15, 0.2) is 0 Å². The number of carbonyl (C=O) groups excluding carboxylic acids is 1. The number of sulfonamides is 1. The predicted molar refractivity (Wildman–Crippen MR) is 74.7 cm³/mol. The molecule has 20 heavy (non-hydrogen) atoms. The second-order valence-electron chi connectivity index (χ2n) is 4.27. The van der Waals surface area contributed by atoms with E-state index >= 15 is 0 Å². The molecule has 1 aromatic rings. The number of methoxy groups -OCH3 is 1. The summed E-state index contributed by atoms with van der Waals surface area (Å²) in [7, 11) is -2.11. The Labute approximate surface area is 118 Å². The molecule has 2 N–H and O–H groups in total. The molecule has 0 saturated carbocycles. The Kier molecular flexibility index (Phi) is 6.63. The van der Waals surface area contributed by atoms with E-state index in [2.05, 4.69) is 9.46 Å². The summed E-state index contributed by atoms with van der Waals surface area (Å²) in [4.78, 5) is 11.2. The summed E-state index contributed by atoms with van der Waals surface area (Å²) < 4.78 is 30.6. The van der Waals surface area contributed by atoms with Crippen LogP contribution in [0.1, 0.15) is 28.8 Å². The first kappa shape index (κ1) is 16.6. The predicted octanol–water partition coefficient (Wildman–Crippen LogP) is 0.665. The van der Waals surface area contributed by atoms with Gasteiger partial charge in [-0.25, -0.2) is 17.9 Å². The van der Waals surface area contributed by atoms with Crippen LogP contribution in [0.4, 0.5) is 0 Å². The molecular formula is C13H19NO5S. The van der Waals surface area contributed by atoms with E-state index in [1.807, 2.05) is 0 Å². The minimum Gasteiger partial charge on any atom is -0.465 e. The van der Waals surface area contributed by atoms with Gasteiger partial charge in [0.2, 0.25) is 10.0 Å². The highest BCUT2D eigenvalue weighted by molar-refractivity contribution is 7.88. The maximum Gasteiger partial charge on any atom is 0.337 e. The molecule has 0 fully saturated rings. The zero-order chi connectivity index (χ0) is 15.0. The van der Waals surface area contributed by atoms with Gasteiger partial charge in [-0.2, -0.15) is 0 Å². The Bertz CT molecular complexity index is 524. The number of rotatable bonds is 8. The van der Waals surface area contributed by atoms with Crippen LogP contribution in [0.25, 0.3) is 0 Å². The summed E-state index contributed by atoms with van der Waals surface area (Å²) in [6.45, 7) is 0.361. The fourth-order valence-electron chi connectivity index (χ4n) is 1.59. The first-order chi connectivity index (χ1) is 9.48. The van der Waals surface area contributed by atoms with E-state index in [1.165, 1.54) is 19.2 Å². The summed E-state index contributed by atoms with van der Waals surface area (Å²) in [6, 6.07) is 6.23. The molecule has 0 unspecified atom stereocenters. The molecule has 0 aliphatic carbocycles. The number of hydrogen-bond donors (Lipinski definition) is 2. The van der Waals surface area contributed by atoms with Crippen molar-refractivity contribution >= 4 is 16.0 Å². The zero-order valence-corrected chi connectivity index (χ0v) is 12.1. The van der Waals surface area contributed by atoms with Crippen molar-refractivity contribution in [1.29, 1.82) is 0 Å². The van der Waals surface area contributed by atoms with E-state index in [4.69, 9.17) is 5.11 Å². The van der Waals surface area contributed by atoms with E-state index in [9.17, 15) is 13.2 Å². The van der Waals surface area contributed by atoms with Gasteiger partial charge in [-0.3, -0.25) is 0 Å². The van der Waals surface area contributed by atoms with E-state index < -0.39 is 16.0 Å². The van der Waals surface area contributed by atoms with Gasteiger partial charge in [0.1, 0.15) is 0 Å². The Hall–Kier alpha value is -1.44. The number of aliphatic hydroxyl groups excluding tert-OH is 1. The third kappa shape index (κ3) is 5.68. The lowest BCUT2D eigenvalue weighted by atomic mass is 10.1. The van der Waals surface area contributed by atoms with E-state index in [-0.39, 0.29) is 12.4 Å². The standard InChI is InChI=1S/C13H19NO5S/c1-19-13(16)12-6-4-11(5-7-12)10-20(17,18)14-8-2-3-9-15/h4-7,14-15H,2-3,8-10H2,1H3. The van der Waals surface area contributed by atoms with Crippen molar-refractivity contribution in [3.8, 4) is 0 Å². The Balaban J connectivity index is 2.57. The lowest BCUT2D eigenvalue weighted by Gasteiger charge is -2.07. The average molecular weight is 301 g/mol. The van der Waals surface area contributed by atoms with Crippen LogP contribution in [0.2, 0.25) is 0 Å². The molecule has 112 valence electrons. The number of unbranched alkanes of at least 4 members (excludes halogenated alkanes) is 1. The van der Waals surface area contributed by atoms with E-state index in [0.717, 1.165) is 0 Å². The Morgan fingerprint density at radius 3 is 2.45 bits per heavy atom. The van der Waals surface area contributed by atoms with Gasteiger partial charge < -0.3 is 9.84 Å². The van der Waals surface area contributed by atoms with Crippen LogP contribution >= 0.6 is 0 Å². The van der Waals surface area contributed by atoms with Gasteiger partial charge in [0.25, 0.3) is 0 Å². The van der Waals surface area contributed by atoms with Crippen molar-refractivity contribution in [2.45, 2.75) is 18.6 Å². The molecule has 0 atom stereocenters. The fraction of sp³-hybridized carbons (Fsp3) is 0.462. The average Bonchev–Trinajstić information content (AvgIpc) is 2.43. The number of benzene rings is 1. The molecule has 0 bridgehead atoms. The molecular weight excluding hydrogens is 282 g/mol. The first-order valence-electron chi connectivity index (χ1n) is 6.24. The summed E-state index contributed by atoms with van der Waals surface area (Å²) >= 11 is 0. The topological polar surface area (TPSA) is 92.7 Å². The summed E-state index contributed by atoms with van der Waals surface area (Å²) in [5.41, 5.74) is 0.969. The molecule has 0 aliphatic heterocycles. The Morgan fingerprint density at radius 2 is 1.90 bits per heavy atom. The second kappa shape index (κ2) is 7.98. The minimum atomic E-state index is -3.40. The van der Waals surface area contributed by atoms with E-state index in [1.54, 1.807) is 12.1 Å². The molecule has 1 aromatic carbocycles. The molecule has 0 aromatic heterocycles. The largest absolute Gasteiger partial charge is 0.465 e. The van der Waals surface area contributed by atoms with Crippen molar-refractivity contribution in [1.82, 2.24) is 4.72 Å². The maximum atomic E-state index is 11.8. The van der Waals surface area contributed by atoms with Gasteiger partial charge in [-0.15, -0.1) is 0 Å². The number of esters is 1. The van der Waals surface area contributed by atoms with Crippen LogP contribution < -0.4 is 4.72 Å². The van der Waals surface area contributed by atoms with Crippen molar-refractivity contribution < 1.29 is 23.1 Å². The number of hydrogen-bond acceptors (Lipinski definition) is 5. The van der Waals surface area contributed by atoms with Crippen LogP contribution in [0.15, 0.2) is 24.3 Å². The highest BCUT2D eigenvalue weighted by atomic mass is 32.2. The Morgan fingerprint density at radius 1 is 1.25 bits per heavy atom. The monoisotopic (exact) mass is 301 g/mol. The third-order valence-electron chi connectivity index (χ3n) is 2.64. The fourth-order valence-corrected chi connectivity index (χ4v) is 2.78. The van der Waals surface area contributed by atoms with Crippen molar-refractivity contribution in [2.24, 2.45) is 0 Å². The summed E-state index contributed by atoms with van der Waals surface area (Å²) in [5.74, 6) is -0.602. The second-order valence-corrected chi connectivity index (χ2v) is 6.08. The van der Waals surface area contributed by atoms with Crippen molar-refractivity contribution in [2.75, 3.05) is 20.3 Å². The lowest BCUT2D eigenvalue weighted by Crippen LogP contribution is -2.26. The molecule has 1 rings (SSSR count). The van der Waals surface area contributed by atoms with Crippen LogP contribution in [-0.2, 0) is 20.5 Å². The normalized spacial score (nSPS) is 11.3. The number of ether oxygens (including phenoxy) is 1. The molecule has 7 heteroatoms. The van der Waals surface area contributed by atoms with Crippen LogP contribution in [0, 0.1) is 0 Å². The lowest BCUT2D eigenvalue weighted by molar-refractivity contribution is 0.0600. The van der Waals surface area contributed by atoms with Gasteiger partial charge in [-0.05, 0) is 30.5 Å². The van der Waals surface area contributed by atoms with Crippen molar-refractivity contribution in [3.05, 3.63) is 35.4 Å². The maximum absolute atomic E-state index is 11.8. The molecule has 0 radical (unpaired) electrons. The number of nitrogens with one attached hydrogen (secondary N) is 1. The van der Waals surface area contributed by atoms with Crippen LogP contribution in [0.5, 0.6) is 0 Å². The van der Waals surface area contributed by atoms with Gasteiger partial charge >= 0.3 is 5.97 Å². The smallest absolute Gasteiger partial charge is 0.337 e. The van der Waals surface area contributed by atoms with Crippen LogP contribution in [0.3, 0.4) is 0 Å².